The molecule has 9 nitrogen and oxygen atoms in total. The van der Waals surface area contributed by atoms with E-state index >= 15 is 0 Å². The summed E-state index contributed by atoms with van der Waals surface area (Å²) in [6.45, 7) is 4.61. The Hall–Kier alpha value is -4.09. The third kappa shape index (κ3) is 6.74. The van der Waals surface area contributed by atoms with Gasteiger partial charge in [-0.25, -0.2) is 14.5 Å². The molecule has 2 heterocycles. The number of anilines is 1. The van der Waals surface area contributed by atoms with E-state index in [9.17, 15) is 18.0 Å². The first-order chi connectivity index (χ1) is 17.3. The molecule has 2 aromatic carbocycles. The van der Waals surface area contributed by atoms with Crippen molar-refractivity contribution in [2.45, 2.75) is 32.5 Å². The van der Waals surface area contributed by atoms with Crippen molar-refractivity contribution in [3.8, 4) is 22.8 Å². The molecule has 1 fully saturated rings. The van der Waals surface area contributed by atoms with Crippen molar-refractivity contribution in [2.24, 2.45) is 4.99 Å². The van der Waals surface area contributed by atoms with Gasteiger partial charge in [0, 0.05) is 30.9 Å². The normalized spacial score (nSPS) is 14.7. The Bertz CT molecular complexity index is 1190. The maximum absolute atomic E-state index is 12.4. The summed E-state index contributed by atoms with van der Waals surface area (Å²) >= 11 is 0. The number of urea groups is 1. The summed E-state index contributed by atoms with van der Waals surface area (Å²) in [5.41, 5.74) is 1.80. The van der Waals surface area contributed by atoms with Crippen LogP contribution in [0.5, 0.6) is 5.75 Å². The largest absolute Gasteiger partial charge is 0.573 e. The van der Waals surface area contributed by atoms with Gasteiger partial charge in [0.05, 0.1) is 5.69 Å². The van der Waals surface area contributed by atoms with Crippen molar-refractivity contribution in [3.63, 3.8) is 0 Å². The molecule has 4 rings (SSSR count). The Morgan fingerprint density at radius 1 is 1.14 bits per heavy atom. The fraction of sp³-hybridized carbons (Fsp3) is 0.333. The van der Waals surface area contributed by atoms with E-state index in [4.69, 9.17) is 0 Å². The van der Waals surface area contributed by atoms with Crippen molar-refractivity contribution < 1.29 is 22.7 Å². The number of halogens is 3. The third-order valence-electron chi connectivity index (χ3n) is 5.42. The lowest BCUT2D eigenvalue weighted by atomic mass is 10.2. The molecule has 12 heteroatoms. The molecule has 0 atom stereocenters. The van der Waals surface area contributed by atoms with Gasteiger partial charge >= 0.3 is 12.4 Å². The number of rotatable bonds is 8. The number of hydrogen-bond donors (Lipinski definition) is 2. The van der Waals surface area contributed by atoms with E-state index in [1.54, 1.807) is 24.3 Å². The minimum atomic E-state index is -4.75. The van der Waals surface area contributed by atoms with Gasteiger partial charge in [-0.15, -0.1) is 18.3 Å². The summed E-state index contributed by atoms with van der Waals surface area (Å²) in [6, 6.07) is 11.8. The predicted octanol–water partition coefficient (Wildman–Crippen LogP) is 4.82. The molecule has 0 bridgehead atoms. The number of aromatic nitrogens is 3. The van der Waals surface area contributed by atoms with Gasteiger partial charge in [0.2, 0.25) is 5.96 Å². The van der Waals surface area contributed by atoms with E-state index in [-0.39, 0.29) is 5.75 Å². The number of guanidine groups is 1. The summed E-state index contributed by atoms with van der Waals surface area (Å²) in [5.74, 6) is 0.692. The molecule has 2 N–H and O–H groups in total. The first-order valence-corrected chi connectivity index (χ1v) is 11.6. The number of nitrogens with zero attached hydrogens (tertiary/aromatic N) is 5. The fourth-order valence-electron chi connectivity index (χ4n) is 3.67. The summed E-state index contributed by atoms with van der Waals surface area (Å²) in [7, 11) is 0. The van der Waals surface area contributed by atoms with E-state index in [0.29, 0.717) is 28.7 Å². The van der Waals surface area contributed by atoms with Crippen LogP contribution in [-0.4, -0.2) is 57.7 Å². The van der Waals surface area contributed by atoms with Gasteiger partial charge in [0.1, 0.15) is 12.1 Å². The molecule has 2 amide bonds. The molecule has 1 saturated heterocycles. The second-order valence-electron chi connectivity index (χ2n) is 8.12. The number of nitrogens with one attached hydrogen (secondary N) is 2. The van der Waals surface area contributed by atoms with Crippen LogP contribution >= 0.6 is 0 Å². The monoisotopic (exact) mass is 501 g/mol. The van der Waals surface area contributed by atoms with Gasteiger partial charge in [0.25, 0.3) is 0 Å². The van der Waals surface area contributed by atoms with Gasteiger partial charge in [-0.05, 0) is 55.0 Å². The van der Waals surface area contributed by atoms with Crippen molar-refractivity contribution in [3.05, 3.63) is 54.9 Å². The Kier molecular flexibility index (Phi) is 7.71. The number of unbranched alkanes of at least 4 members (excludes halogenated alkanes) is 2. The van der Waals surface area contributed by atoms with Gasteiger partial charge in [-0.2, -0.15) is 4.99 Å². The zero-order valence-corrected chi connectivity index (χ0v) is 19.6. The molecule has 1 aromatic heterocycles. The molecule has 0 spiro atoms. The van der Waals surface area contributed by atoms with Crippen LogP contribution in [0.3, 0.4) is 0 Å². The van der Waals surface area contributed by atoms with Gasteiger partial charge < -0.3 is 20.3 Å². The number of alkyl halides is 3. The highest BCUT2D eigenvalue weighted by Gasteiger charge is 2.31. The first-order valence-electron chi connectivity index (χ1n) is 11.6. The third-order valence-corrected chi connectivity index (χ3v) is 5.42. The van der Waals surface area contributed by atoms with Crippen LogP contribution in [0.4, 0.5) is 23.7 Å². The highest BCUT2D eigenvalue weighted by molar-refractivity contribution is 5.99. The van der Waals surface area contributed by atoms with Crippen LogP contribution in [0.15, 0.2) is 59.9 Å². The lowest BCUT2D eigenvalue weighted by Crippen LogP contribution is -2.32. The summed E-state index contributed by atoms with van der Waals surface area (Å²) in [4.78, 5) is 22.9. The molecule has 0 radical (unpaired) electrons. The van der Waals surface area contributed by atoms with Gasteiger partial charge in [-0.3, -0.25) is 0 Å². The number of aliphatic imine (C=N–C) groups is 1. The standard InChI is InChI=1S/C24H26F3N7O2/c1-2-3-4-14-33-15-13-28-22(33)31-23(35)30-18-7-5-17(6-8-18)21-29-16-34(32-21)19-9-11-20(12-10-19)36-24(25,26)27/h5-12,16H,2-4,13-15H2,1H3,(H2,28,30,31,35). The Morgan fingerprint density at radius 2 is 1.89 bits per heavy atom. The van der Waals surface area contributed by atoms with Crippen LogP contribution in [0.2, 0.25) is 0 Å². The van der Waals surface area contributed by atoms with Crippen LogP contribution in [0.25, 0.3) is 17.1 Å². The van der Waals surface area contributed by atoms with E-state index in [1.165, 1.54) is 35.3 Å². The predicted molar refractivity (Wildman–Crippen MR) is 129 cm³/mol. The first kappa shape index (κ1) is 25.0. The van der Waals surface area contributed by atoms with E-state index in [2.05, 4.69) is 42.3 Å². The summed E-state index contributed by atoms with van der Waals surface area (Å²) in [5, 5.41) is 10.3. The molecular formula is C24H26F3N7O2. The Balaban J connectivity index is 1.36. The molecule has 0 aliphatic carbocycles. The minimum Gasteiger partial charge on any atom is -0.406 e. The SMILES string of the molecule is CCCCCN1CCN/C1=N\C(=O)Nc1ccc(-c2ncn(-c3ccc(OC(F)(F)F)cc3)n2)cc1. The topological polar surface area (TPSA) is 96.7 Å². The lowest BCUT2D eigenvalue weighted by molar-refractivity contribution is -0.274. The zero-order valence-electron chi connectivity index (χ0n) is 19.6. The van der Waals surface area contributed by atoms with E-state index < -0.39 is 12.4 Å². The van der Waals surface area contributed by atoms with Crippen LogP contribution in [0, 0.1) is 0 Å². The zero-order chi connectivity index (χ0) is 25.5. The maximum atomic E-state index is 12.4. The number of carbonyl (C=O) groups is 1. The Morgan fingerprint density at radius 3 is 2.58 bits per heavy atom. The average molecular weight is 502 g/mol. The Labute approximate surface area is 206 Å². The van der Waals surface area contributed by atoms with Gasteiger partial charge in [0.15, 0.2) is 5.82 Å². The van der Waals surface area contributed by atoms with Gasteiger partial charge in [-0.1, -0.05) is 19.8 Å². The quantitative estimate of drug-likeness (QED) is 0.430. The van der Waals surface area contributed by atoms with Crippen molar-refractivity contribution in [1.29, 1.82) is 0 Å². The van der Waals surface area contributed by atoms with E-state index in [0.717, 1.165) is 38.9 Å². The number of ether oxygens (including phenoxy) is 1. The van der Waals surface area contributed by atoms with E-state index in [1.807, 2.05) is 0 Å². The molecular weight excluding hydrogens is 475 g/mol. The molecule has 36 heavy (non-hydrogen) atoms. The smallest absolute Gasteiger partial charge is 0.406 e. The molecule has 190 valence electrons. The summed E-state index contributed by atoms with van der Waals surface area (Å²) in [6.07, 6.45) is 0.0401. The molecule has 1 aliphatic heterocycles. The highest BCUT2D eigenvalue weighted by Crippen LogP contribution is 2.24. The number of amides is 2. The van der Waals surface area contributed by atoms with Crippen LogP contribution in [-0.2, 0) is 0 Å². The molecule has 0 saturated carbocycles. The van der Waals surface area contributed by atoms with Crippen molar-refractivity contribution >= 4 is 17.7 Å². The fourth-order valence-corrected chi connectivity index (χ4v) is 3.67. The molecule has 3 aromatic rings. The average Bonchev–Trinajstić information content (AvgIpc) is 3.49. The molecule has 0 unspecified atom stereocenters. The summed E-state index contributed by atoms with van der Waals surface area (Å²) < 4.78 is 42.3. The highest BCUT2D eigenvalue weighted by atomic mass is 19.4. The van der Waals surface area contributed by atoms with Crippen molar-refractivity contribution in [1.82, 2.24) is 25.0 Å². The number of hydrogen-bond acceptors (Lipinski definition) is 4. The van der Waals surface area contributed by atoms with Crippen LogP contribution in [0.1, 0.15) is 26.2 Å². The maximum Gasteiger partial charge on any atom is 0.573 e. The molecule has 1 aliphatic rings. The second kappa shape index (κ2) is 11.1. The van der Waals surface area contributed by atoms with Crippen LogP contribution < -0.4 is 15.4 Å². The lowest BCUT2D eigenvalue weighted by Gasteiger charge is -2.16. The minimum absolute atomic E-state index is 0.317. The number of benzene rings is 2. The second-order valence-corrected chi connectivity index (χ2v) is 8.12. The number of carbonyl (C=O) groups excluding carboxylic acids is 1. The van der Waals surface area contributed by atoms with Crippen molar-refractivity contribution in [2.75, 3.05) is 25.0 Å².